The van der Waals surface area contributed by atoms with Crippen molar-refractivity contribution in [1.29, 1.82) is 0 Å². The molecule has 1 aliphatic rings. The van der Waals surface area contributed by atoms with E-state index in [1.54, 1.807) is 12.1 Å². The van der Waals surface area contributed by atoms with Gasteiger partial charge in [0.05, 0.1) is 5.69 Å². The average molecular weight is 297 g/mol. The van der Waals surface area contributed by atoms with Crippen LogP contribution in [-0.2, 0) is 10.0 Å². The summed E-state index contributed by atoms with van der Waals surface area (Å²) in [5.74, 6) is 0. The Hall–Kier alpha value is -1.11. The molecule has 1 aromatic rings. The maximum Gasteiger partial charge on any atom is 0.240 e. The topological polar surface area (TPSA) is 75.4 Å². The Morgan fingerprint density at radius 2 is 2.15 bits per heavy atom. The summed E-state index contributed by atoms with van der Waals surface area (Å²) < 4.78 is 23.0. The first-order valence-electron chi connectivity index (χ1n) is 7.12. The highest BCUT2D eigenvalue weighted by Gasteiger charge is 2.22. The molecule has 0 amide bonds. The van der Waals surface area contributed by atoms with E-state index in [1.807, 2.05) is 6.07 Å². The largest absolute Gasteiger partial charge is 0.384 e. The third kappa shape index (κ3) is 3.71. The molecule has 1 aliphatic heterocycles. The lowest BCUT2D eigenvalue weighted by atomic mass is 10.1. The van der Waals surface area contributed by atoms with Crippen molar-refractivity contribution in [1.82, 2.24) is 4.90 Å². The van der Waals surface area contributed by atoms with Gasteiger partial charge in [-0.3, -0.25) is 0 Å². The van der Waals surface area contributed by atoms with E-state index >= 15 is 0 Å². The van der Waals surface area contributed by atoms with E-state index in [0.29, 0.717) is 11.7 Å². The number of hydrogen-bond acceptors (Lipinski definition) is 4. The number of primary sulfonamides is 1. The molecule has 0 bridgehead atoms. The van der Waals surface area contributed by atoms with Crippen molar-refractivity contribution >= 4 is 15.7 Å². The minimum atomic E-state index is -3.67. The summed E-state index contributed by atoms with van der Waals surface area (Å²) >= 11 is 0. The average Bonchev–Trinajstić information content (AvgIpc) is 2.85. The van der Waals surface area contributed by atoms with Crippen LogP contribution in [-0.4, -0.2) is 39.0 Å². The molecule has 0 aromatic heterocycles. The molecule has 2 rings (SSSR count). The lowest BCUT2D eigenvalue weighted by Crippen LogP contribution is -2.30. The molecule has 0 unspecified atom stereocenters. The van der Waals surface area contributed by atoms with Gasteiger partial charge in [-0.1, -0.05) is 19.1 Å². The maximum absolute atomic E-state index is 11.5. The monoisotopic (exact) mass is 297 g/mol. The Labute approximate surface area is 121 Å². The van der Waals surface area contributed by atoms with Crippen molar-refractivity contribution in [3.8, 4) is 0 Å². The number of nitrogens with one attached hydrogen (secondary N) is 1. The molecule has 0 spiro atoms. The first-order valence-corrected chi connectivity index (χ1v) is 8.66. The van der Waals surface area contributed by atoms with Gasteiger partial charge in [0.1, 0.15) is 4.90 Å². The van der Waals surface area contributed by atoms with Crippen molar-refractivity contribution in [3.63, 3.8) is 0 Å². The van der Waals surface area contributed by atoms with E-state index in [2.05, 4.69) is 17.1 Å². The fourth-order valence-electron chi connectivity index (χ4n) is 2.87. The van der Waals surface area contributed by atoms with Crippen LogP contribution in [0.15, 0.2) is 29.2 Å². The molecule has 20 heavy (non-hydrogen) atoms. The molecule has 0 saturated carbocycles. The van der Waals surface area contributed by atoms with Crippen molar-refractivity contribution in [3.05, 3.63) is 24.3 Å². The van der Waals surface area contributed by atoms with Crippen LogP contribution in [0.4, 0.5) is 5.69 Å². The van der Waals surface area contributed by atoms with Gasteiger partial charge in [0.25, 0.3) is 0 Å². The molecule has 1 fully saturated rings. The molecule has 1 aromatic carbocycles. The van der Waals surface area contributed by atoms with Gasteiger partial charge in [-0.25, -0.2) is 13.6 Å². The zero-order valence-corrected chi connectivity index (χ0v) is 12.7. The lowest BCUT2D eigenvalue weighted by molar-refractivity contribution is 0.259. The SMILES string of the molecule is CCN1CCC[C@H]1CCNc1ccccc1S(N)(=O)=O. The predicted octanol–water partition coefficient (Wildman–Crippen LogP) is 1.62. The van der Waals surface area contributed by atoms with E-state index in [1.165, 1.54) is 25.5 Å². The second-order valence-corrected chi connectivity index (χ2v) is 6.71. The van der Waals surface area contributed by atoms with Gasteiger partial charge in [0.2, 0.25) is 10.0 Å². The summed E-state index contributed by atoms with van der Waals surface area (Å²) in [6, 6.07) is 7.39. The van der Waals surface area contributed by atoms with Crippen molar-refractivity contribution in [2.75, 3.05) is 25.0 Å². The molecule has 5 nitrogen and oxygen atoms in total. The summed E-state index contributed by atoms with van der Waals surface area (Å²) in [4.78, 5) is 2.64. The summed E-state index contributed by atoms with van der Waals surface area (Å²) in [5, 5.41) is 8.42. The summed E-state index contributed by atoms with van der Waals surface area (Å²) in [5.41, 5.74) is 0.594. The number of sulfonamides is 1. The number of para-hydroxylation sites is 1. The number of benzene rings is 1. The van der Waals surface area contributed by atoms with Crippen molar-refractivity contribution in [2.45, 2.75) is 37.1 Å². The van der Waals surface area contributed by atoms with Gasteiger partial charge >= 0.3 is 0 Å². The summed E-state index contributed by atoms with van der Waals surface area (Å²) in [7, 11) is -3.67. The van der Waals surface area contributed by atoms with Crippen LogP contribution in [0.1, 0.15) is 26.2 Å². The summed E-state index contributed by atoms with van der Waals surface area (Å²) in [6.45, 7) is 5.20. The van der Waals surface area contributed by atoms with Gasteiger partial charge < -0.3 is 10.2 Å². The van der Waals surface area contributed by atoms with Crippen LogP contribution in [0.25, 0.3) is 0 Å². The van der Waals surface area contributed by atoms with Gasteiger partial charge in [-0.2, -0.15) is 0 Å². The first-order chi connectivity index (χ1) is 9.52. The van der Waals surface area contributed by atoms with E-state index in [-0.39, 0.29) is 4.90 Å². The zero-order chi connectivity index (χ0) is 14.6. The Morgan fingerprint density at radius 1 is 1.40 bits per heavy atom. The van der Waals surface area contributed by atoms with Crippen LogP contribution < -0.4 is 10.5 Å². The molecule has 1 atom stereocenters. The third-order valence-electron chi connectivity index (χ3n) is 3.89. The molecule has 3 N–H and O–H groups in total. The van der Waals surface area contributed by atoms with E-state index < -0.39 is 10.0 Å². The second-order valence-electron chi connectivity index (χ2n) is 5.18. The van der Waals surface area contributed by atoms with E-state index in [0.717, 1.165) is 19.5 Å². The van der Waals surface area contributed by atoms with Gasteiger partial charge in [-0.15, -0.1) is 0 Å². The number of nitrogens with two attached hydrogens (primary N) is 1. The first kappa shape index (κ1) is 15.3. The highest BCUT2D eigenvalue weighted by Crippen LogP contribution is 2.22. The Kier molecular flexibility index (Phi) is 5.01. The molecule has 1 heterocycles. The third-order valence-corrected chi connectivity index (χ3v) is 4.86. The minimum Gasteiger partial charge on any atom is -0.384 e. The number of nitrogens with zero attached hydrogens (tertiary/aromatic N) is 1. The van der Waals surface area contributed by atoms with Crippen LogP contribution in [0, 0.1) is 0 Å². The second kappa shape index (κ2) is 6.56. The highest BCUT2D eigenvalue weighted by atomic mass is 32.2. The molecular weight excluding hydrogens is 274 g/mol. The molecular formula is C14H23N3O2S. The minimum absolute atomic E-state index is 0.166. The standard InChI is InChI=1S/C14H23N3O2S/c1-2-17-11-5-6-12(17)9-10-16-13-7-3-4-8-14(13)20(15,18)19/h3-4,7-8,12,16H,2,5-6,9-11H2,1H3,(H2,15,18,19)/t12-/m0/s1. The Balaban J connectivity index is 1.95. The van der Waals surface area contributed by atoms with Crippen molar-refractivity contribution < 1.29 is 8.42 Å². The lowest BCUT2D eigenvalue weighted by Gasteiger charge is -2.23. The highest BCUT2D eigenvalue weighted by molar-refractivity contribution is 7.89. The predicted molar refractivity (Wildman–Crippen MR) is 81.2 cm³/mol. The maximum atomic E-state index is 11.5. The summed E-state index contributed by atoms with van der Waals surface area (Å²) in [6.07, 6.45) is 3.51. The van der Waals surface area contributed by atoms with Crippen LogP contribution in [0.3, 0.4) is 0 Å². The molecule has 1 saturated heterocycles. The molecule has 0 aliphatic carbocycles. The molecule has 112 valence electrons. The Bertz CT molecular complexity index is 545. The number of anilines is 1. The molecule has 6 heteroatoms. The van der Waals surface area contributed by atoms with E-state index in [9.17, 15) is 8.42 Å². The fraction of sp³-hybridized carbons (Fsp3) is 0.571. The van der Waals surface area contributed by atoms with Crippen LogP contribution in [0.5, 0.6) is 0 Å². The quantitative estimate of drug-likeness (QED) is 0.836. The van der Waals surface area contributed by atoms with Crippen LogP contribution in [0.2, 0.25) is 0 Å². The fourth-order valence-corrected chi connectivity index (χ4v) is 3.59. The van der Waals surface area contributed by atoms with Crippen LogP contribution >= 0.6 is 0 Å². The number of likely N-dealkylation sites (tertiary alicyclic amines) is 1. The normalized spacial score (nSPS) is 20.2. The van der Waals surface area contributed by atoms with Crippen molar-refractivity contribution in [2.24, 2.45) is 5.14 Å². The number of rotatable bonds is 6. The Morgan fingerprint density at radius 3 is 2.85 bits per heavy atom. The zero-order valence-electron chi connectivity index (χ0n) is 11.9. The number of hydrogen-bond donors (Lipinski definition) is 2. The van der Waals surface area contributed by atoms with Gasteiger partial charge in [0.15, 0.2) is 0 Å². The van der Waals surface area contributed by atoms with E-state index in [4.69, 9.17) is 5.14 Å². The molecule has 0 radical (unpaired) electrons. The van der Waals surface area contributed by atoms with Gasteiger partial charge in [0, 0.05) is 12.6 Å². The van der Waals surface area contributed by atoms with Gasteiger partial charge in [-0.05, 0) is 44.5 Å². The smallest absolute Gasteiger partial charge is 0.240 e.